The van der Waals surface area contributed by atoms with Crippen LogP contribution in [0.25, 0.3) is 0 Å². The normalized spacial score (nSPS) is 11.5. The molecule has 0 aliphatic rings. The number of benzene rings is 3. The van der Waals surface area contributed by atoms with Gasteiger partial charge < -0.3 is 19.7 Å². The number of carbonyl (C=O) groups is 1. The van der Waals surface area contributed by atoms with Gasteiger partial charge in [-0.2, -0.15) is 0 Å². The molecule has 0 heterocycles. The molecule has 0 bridgehead atoms. The molecule has 3 aromatic rings. The predicted molar refractivity (Wildman–Crippen MR) is 135 cm³/mol. The molecule has 0 aromatic heterocycles. The van der Waals surface area contributed by atoms with E-state index in [-0.39, 0.29) is 5.91 Å². The topological polar surface area (TPSA) is 50.8 Å². The van der Waals surface area contributed by atoms with E-state index in [1.165, 1.54) is 5.56 Å². The number of rotatable bonds is 10. The SMILES string of the molecule is CNC(=O)[C@@H](c1ccccc1)N(CCCc1ccc(Cl)cc1)c1ccc(OC)c(OC)c1Cl. The van der Waals surface area contributed by atoms with Crippen LogP contribution in [0.15, 0.2) is 66.7 Å². The van der Waals surface area contributed by atoms with Gasteiger partial charge in [0.25, 0.3) is 0 Å². The van der Waals surface area contributed by atoms with Gasteiger partial charge in [0.15, 0.2) is 11.5 Å². The number of aryl methyl sites for hydroxylation is 1. The molecule has 1 atom stereocenters. The largest absolute Gasteiger partial charge is 0.493 e. The molecule has 0 saturated heterocycles. The summed E-state index contributed by atoms with van der Waals surface area (Å²) in [6.45, 7) is 0.588. The van der Waals surface area contributed by atoms with Crippen LogP contribution >= 0.6 is 23.2 Å². The van der Waals surface area contributed by atoms with Crippen molar-refractivity contribution in [2.45, 2.75) is 18.9 Å². The van der Waals surface area contributed by atoms with Crippen molar-refractivity contribution >= 4 is 34.8 Å². The summed E-state index contributed by atoms with van der Waals surface area (Å²) in [5.41, 5.74) is 2.74. The second-order valence-corrected chi connectivity index (χ2v) is 8.30. The predicted octanol–water partition coefficient (Wildman–Crippen LogP) is 5.94. The highest BCUT2D eigenvalue weighted by molar-refractivity contribution is 6.35. The molecular weight excluding hydrogens is 459 g/mol. The minimum atomic E-state index is -0.572. The first-order chi connectivity index (χ1) is 16.0. The van der Waals surface area contributed by atoms with Gasteiger partial charge in [-0.1, -0.05) is 65.7 Å². The Labute approximate surface area is 205 Å². The number of anilines is 1. The molecule has 1 amide bonds. The van der Waals surface area contributed by atoms with Crippen molar-refractivity contribution < 1.29 is 14.3 Å². The molecule has 0 saturated carbocycles. The fraction of sp³-hybridized carbons (Fsp3) is 0.269. The van der Waals surface area contributed by atoms with E-state index in [0.29, 0.717) is 33.8 Å². The monoisotopic (exact) mass is 486 g/mol. The van der Waals surface area contributed by atoms with Gasteiger partial charge in [0, 0.05) is 18.6 Å². The number of ether oxygens (including phenoxy) is 2. The zero-order valence-electron chi connectivity index (χ0n) is 19.0. The molecule has 0 spiro atoms. The quantitative estimate of drug-likeness (QED) is 0.385. The molecule has 5 nitrogen and oxygen atoms in total. The van der Waals surface area contributed by atoms with Crippen molar-refractivity contribution in [2.75, 3.05) is 32.7 Å². The Balaban J connectivity index is 2.01. The van der Waals surface area contributed by atoms with E-state index < -0.39 is 6.04 Å². The van der Waals surface area contributed by atoms with E-state index in [1.807, 2.05) is 65.6 Å². The Kier molecular flexibility index (Phi) is 8.87. The Morgan fingerprint density at radius 2 is 1.67 bits per heavy atom. The number of halogens is 2. The third kappa shape index (κ3) is 5.92. The van der Waals surface area contributed by atoms with Gasteiger partial charge in [-0.25, -0.2) is 0 Å². The lowest BCUT2D eigenvalue weighted by molar-refractivity contribution is -0.122. The minimum Gasteiger partial charge on any atom is -0.493 e. The van der Waals surface area contributed by atoms with Crippen LogP contribution in [0.1, 0.15) is 23.6 Å². The highest BCUT2D eigenvalue weighted by Gasteiger charge is 2.30. The highest BCUT2D eigenvalue weighted by Crippen LogP contribution is 2.43. The van der Waals surface area contributed by atoms with Gasteiger partial charge in [-0.15, -0.1) is 0 Å². The van der Waals surface area contributed by atoms with Crippen molar-refractivity contribution in [3.05, 3.63) is 87.9 Å². The fourth-order valence-electron chi connectivity index (χ4n) is 3.84. The van der Waals surface area contributed by atoms with Gasteiger partial charge in [0.1, 0.15) is 11.1 Å². The average Bonchev–Trinajstić information content (AvgIpc) is 2.84. The lowest BCUT2D eigenvalue weighted by Crippen LogP contribution is -2.40. The van der Waals surface area contributed by atoms with Crippen LogP contribution in [-0.4, -0.2) is 33.7 Å². The minimum absolute atomic E-state index is 0.126. The first kappa shape index (κ1) is 24.7. The van der Waals surface area contributed by atoms with Crippen molar-refractivity contribution in [3.8, 4) is 11.5 Å². The maximum absolute atomic E-state index is 13.1. The summed E-state index contributed by atoms with van der Waals surface area (Å²) in [6.07, 6.45) is 1.63. The summed E-state index contributed by atoms with van der Waals surface area (Å²) in [7, 11) is 4.75. The zero-order valence-corrected chi connectivity index (χ0v) is 20.5. The summed E-state index contributed by atoms with van der Waals surface area (Å²) in [6, 6.07) is 20.6. The van der Waals surface area contributed by atoms with Gasteiger partial charge in [0.2, 0.25) is 5.91 Å². The van der Waals surface area contributed by atoms with Crippen molar-refractivity contribution in [3.63, 3.8) is 0 Å². The maximum atomic E-state index is 13.1. The molecule has 0 radical (unpaired) electrons. The Morgan fingerprint density at radius 3 is 2.27 bits per heavy atom. The molecule has 3 aromatic carbocycles. The number of hydrogen-bond donors (Lipinski definition) is 1. The number of likely N-dealkylation sites (N-methyl/N-ethyl adjacent to an activating group) is 1. The number of methoxy groups -OCH3 is 2. The summed E-state index contributed by atoms with van der Waals surface area (Å²) in [4.78, 5) is 15.1. The average molecular weight is 487 g/mol. The van der Waals surface area contributed by atoms with Crippen LogP contribution in [0.4, 0.5) is 5.69 Å². The first-order valence-electron chi connectivity index (χ1n) is 10.7. The third-order valence-corrected chi connectivity index (χ3v) is 6.09. The maximum Gasteiger partial charge on any atom is 0.247 e. The Morgan fingerprint density at radius 1 is 0.970 bits per heavy atom. The highest BCUT2D eigenvalue weighted by atomic mass is 35.5. The molecule has 0 aliphatic heterocycles. The summed E-state index contributed by atoms with van der Waals surface area (Å²) in [5.74, 6) is 0.838. The van der Waals surface area contributed by atoms with Crippen LogP contribution in [0.2, 0.25) is 10.0 Å². The number of nitrogens with one attached hydrogen (secondary N) is 1. The molecule has 0 unspecified atom stereocenters. The summed E-state index contributed by atoms with van der Waals surface area (Å²) >= 11 is 12.8. The number of hydrogen-bond acceptors (Lipinski definition) is 4. The van der Waals surface area contributed by atoms with E-state index >= 15 is 0 Å². The van der Waals surface area contributed by atoms with E-state index in [4.69, 9.17) is 32.7 Å². The smallest absolute Gasteiger partial charge is 0.247 e. The molecular formula is C26H28Cl2N2O3. The second-order valence-electron chi connectivity index (χ2n) is 7.49. The molecule has 0 fully saturated rings. The zero-order chi connectivity index (χ0) is 23.8. The number of amides is 1. The number of carbonyl (C=O) groups excluding carboxylic acids is 1. The van der Waals surface area contributed by atoms with Gasteiger partial charge in [0.05, 0.1) is 19.9 Å². The molecule has 0 aliphatic carbocycles. The standard InChI is InChI=1S/C26H28Cl2N2O3/c1-29-26(31)24(19-9-5-4-6-10-19)30(17-7-8-18-11-13-20(27)14-12-18)21-15-16-22(32-2)25(33-3)23(21)28/h4-6,9-16,24H,7-8,17H2,1-3H3,(H,29,31)/t24-/m1/s1. The lowest BCUT2D eigenvalue weighted by Gasteiger charge is -2.34. The molecule has 174 valence electrons. The van der Waals surface area contributed by atoms with Crippen LogP contribution in [0, 0.1) is 0 Å². The van der Waals surface area contributed by atoms with Gasteiger partial charge in [-0.05, 0) is 48.2 Å². The molecule has 1 N–H and O–H groups in total. The van der Waals surface area contributed by atoms with E-state index in [9.17, 15) is 4.79 Å². The fourth-order valence-corrected chi connectivity index (χ4v) is 4.31. The van der Waals surface area contributed by atoms with Crippen molar-refractivity contribution in [2.24, 2.45) is 0 Å². The van der Waals surface area contributed by atoms with Gasteiger partial charge >= 0.3 is 0 Å². The molecule has 33 heavy (non-hydrogen) atoms. The van der Waals surface area contributed by atoms with Crippen LogP contribution in [-0.2, 0) is 11.2 Å². The first-order valence-corrected chi connectivity index (χ1v) is 11.4. The molecule has 3 rings (SSSR count). The van der Waals surface area contributed by atoms with Crippen LogP contribution < -0.4 is 19.7 Å². The summed E-state index contributed by atoms with van der Waals surface area (Å²) in [5, 5.41) is 3.91. The lowest BCUT2D eigenvalue weighted by atomic mass is 10.0. The third-order valence-electron chi connectivity index (χ3n) is 5.47. The van der Waals surface area contributed by atoms with Crippen LogP contribution in [0.3, 0.4) is 0 Å². The Bertz CT molecular complexity index is 1060. The van der Waals surface area contributed by atoms with Crippen molar-refractivity contribution in [1.29, 1.82) is 0 Å². The van der Waals surface area contributed by atoms with Crippen LogP contribution in [0.5, 0.6) is 11.5 Å². The van der Waals surface area contributed by atoms with E-state index in [2.05, 4.69) is 5.32 Å². The second kappa shape index (κ2) is 11.8. The summed E-state index contributed by atoms with van der Waals surface area (Å²) < 4.78 is 10.9. The Hall–Kier alpha value is -2.89. The van der Waals surface area contributed by atoms with Crippen molar-refractivity contribution in [1.82, 2.24) is 5.32 Å². The molecule has 7 heteroatoms. The van der Waals surface area contributed by atoms with E-state index in [0.717, 1.165) is 18.4 Å². The van der Waals surface area contributed by atoms with E-state index in [1.54, 1.807) is 27.3 Å². The van der Waals surface area contributed by atoms with Gasteiger partial charge in [-0.3, -0.25) is 4.79 Å². The number of nitrogens with zero attached hydrogens (tertiary/aromatic N) is 1.